The van der Waals surface area contributed by atoms with Crippen molar-refractivity contribution in [1.29, 1.82) is 0 Å². The molecule has 3 rings (SSSR count). The number of pyridine rings is 2. The minimum atomic E-state index is -1.13. The second-order valence-electron chi connectivity index (χ2n) is 4.69. The Balaban J connectivity index is 2.17. The van der Waals surface area contributed by atoms with Crippen LogP contribution in [-0.4, -0.2) is 35.9 Å². The first-order valence-corrected chi connectivity index (χ1v) is 6.46. The molecule has 0 atom stereocenters. The third kappa shape index (κ3) is 2.51. The maximum absolute atomic E-state index is 11.2. The fourth-order valence-electron chi connectivity index (χ4n) is 1.99. The molecule has 0 bridgehead atoms. The third-order valence-electron chi connectivity index (χ3n) is 3.08. The molecular formula is C15H12N4O3. The summed E-state index contributed by atoms with van der Waals surface area (Å²) in [5.74, 6) is -1.09. The van der Waals surface area contributed by atoms with Crippen LogP contribution in [0.4, 0.5) is 0 Å². The smallest absolute Gasteiger partial charge is 0.356 e. The van der Waals surface area contributed by atoms with Crippen LogP contribution in [0.5, 0.6) is 5.75 Å². The van der Waals surface area contributed by atoms with Crippen LogP contribution in [0.15, 0.2) is 42.7 Å². The van der Waals surface area contributed by atoms with E-state index in [2.05, 4.69) is 15.1 Å². The molecule has 0 spiro atoms. The minimum absolute atomic E-state index is 0.0327. The molecule has 0 amide bonds. The number of aromatic hydroxyl groups is 1. The molecule has 0 fully saturated rings. The minimum Gasteiger partial charge on any atom is -0.506 e. The summed E-state index contributed by atoms with van der Waals surface area (Å²) >= 11 is 0. The average molecular weight is 296 g/mol. The van der Waals surface area contributed by atoms with Crippen molar-refractivity contribution in [3.8, 4) is 22.8 Å². The first-order valence-electron chi connectivity index (χ1n) is 6.46. The lowest BCUT2D eigenvalue weighted by molar-refractivity contribution is 0.0690. The predicted octanol–water partition coefficient (Wildman–Crippen LogP) is 2.04. The fraction of sp³-hybridized carbons (Fsp3) is 0.0667. The van der Waals surface area contributed by atoms with Crippen LogP contribution in [0, 0.1) is 6.92 Å². The van der Waals surface area contributed by atoms with Gasteiger partial charge in [-0.15, -0.1) is 0 Å². The molecule has 0 aromatic carbocycles. The Morgan fingerprint density at radius 3 is 2.55 bits per heavy atom. The van der Waals surface area contributed by atoms with Gasteiger partial charge in [-0.05, 0) is 31.2 Å². The lowest BCUT2D eigenvalue weighted by Crippen LogP contribution is -2.03. The van der Waals surface area contributed by atoms with Crippen LogP contribution in [-0.2, 0) is 0 Å². The summed E-state index contributed by atoms with van der Waals surface area (Å²) in [4.78, 5) is 19.5. The molecule has 0 aliphatic rings. The largest absolute Gasteiger partial charge is 0.506 e. The quantitative estimate of drug-likeness (QED) is 0.767. The zero-order valence-corrected chi connectivity index (χ0v) is 11.6. The summed E-state index contributed by atoms with van der Waals surface area (Å²) in [6, 6.07) is 8.11. The molecule has 3 aromatic rings. The zero-order chi connectivity index (χ0) is 15.7. The van der Waals surface area contributed by atoms with Gasteiger partial charge in [-0.25, -0.2) is 9.48 Å². The van der Waals surface area contributed by atoms with E-state index < -0.39 is 5.97 Å². The van der Waals surface area contributed by atoms with Gasteiger partial charge in [-0.3, -0.25) is 9.97 Å². The van der Waals surface area contributed by atoms with Crippen molar-refractivity contribution in [2.75, 3.05) is 0 Å². The Bertz CT molecular complexity index is 760. The van der Waals surface area contributed by atoms with E-state index in [4.69, 9.17) is 5.11 Å². The molecule has 7 heteroatoms. The van der Waals surface area contributed by atoms with E-state index in [9.17, 15) is 9.90 Å². The van der Waals surface area contributed by atoms with Gasteiger partial charge in [0.05, 0.1) is 29.5 Å². The molecule has 0 radical (unpaired) electrons. The van der Waals surface area contributed by atoms with E-state index in [1.165, 1.54) is 23.0 Å². The van der Waals surface area contributed by atoms with Gasteiger partial charge < -0.3 is 10.2 Å². The van der Waals surface area contributed by atoms with Crippen LogP contribution in [0.2, 0.25) is 0 Å². The zero-order valence-electron chi connectivity index (χ0n) is 11.6. The molecule has 0 aliphatic carbocycles. The van der Waals surface area contributed by atoms with Crippen LogP contribution in [0.1, 0.15) is 16.2 Å². The molecule has 2 N–H and O–H groups in total. The monoisotopic (exact) mass is 296 g/mol. The second kappa shape index (κ2) is 5.28. The molecule has 0 aliphatic heterocycles. The number of aromatic carboxylic acids is 1. The molecule has 3 aromatic heterocycles. The highest BCUT2D eigenvalue weighted by molar-refractivity contribution is 5.87. The number of rotatable bonds is 3. The van der Waals surface area contributed by atoms with Crippen LogP contribution in [0.25, 0.3) is 17.1 Å². The number of aryl methyl sites for hydroxylation is 1. The number of carbonyl (C=O) groups is 1. The van der Waals surface area contributed by atoms with Crippen molar-refractivity contribution >= 4 is 5.97 Å². The Labute approximate surface area is 125 Å². The first kappa shape index (κ1) is 13.7. The topological polar surface area (TPSA) is 101 Å². The van der Waals surface area contributed by atoms with Gasteiger partial charge >= 0.3 is 5.97 Å². The van der Waals surface area contributed by atoms with E-state index in [1.54, 1.807) is 18.3 Å². The van der Waals surface area contributed by atoms with E-state index in [1.807, 2.05) is 13.0 Å². The Hall–Kier alpha value is -3.22. The number of aromatic nitrogens is 4. The number of hydrogen-bond acceptors (Lipinski definition) is 5. The van der Waals surface area contributed by atoms with Crippen molar-refractivity contribution in [2.24, 2.45) is 0 Å². The number of carboxylic acid groups (broad SMARTS) is 1. The molecular weight excluding hydrogens is 284 g/mol. The normalized spacial score (nSPS) is 10.6. The van der Waals surface area contributed by atoms with E-state index in [0.717, 1.165) is 5.69 Å². The van der Waals surface area contributed by atoms with Gasteiger partial charge in [-0.2, -0.15) is 5.10 Å². The Morgan fingerprint density at radius 1 is 1.14 bits per heavy atom. The van der Waals surface area contributed by atoms with Gasteiger partial charge in [0, 0.05) is 11.8 Å². The van der Waals surface area contributed by atoms with Gasteiger partial charge in [0.1, 0.15) is 5.75 Å². The summed E-state index contributed by atoms with van der Waals surface area (Å²) in [5.41, 5.74) is 2.38. The number of carboxylic acids is 1. The summed E-state index contributed by atoms with van der Waals surface area (Å²) in [6.45, 7) is 1.86. The SMILES string of the molecule is Cc1ccc(-n2nc(C(=O)O)cc2-c2ccc(O)cn2)cn1. The average Bonchev–Trinajstić information content (AvgIpc) is 2.94. The van der Waals surface area contributed by atoms with E-state index in [0.29, 0.717) is 17.1 Å². The van der Waals surface area contributed by atoms with Gasteiger partial charge in [-0.1, -0.05) is 0 Å². The summed E-state index contributed by atoms with van der Waals surface area (Å²) in [5, 5.41) is 22.6. The first-order chi connectivity index (χ1) is 10.5. The van der Waals surface area contributed by atoms with Crippen molar-refractivity contribution in [3.05, 3.63) is 54.1 Å². The highest BCUT2D eigenvalue weighted by atomic mass is 16.4. The van der Waals surface area contributed by atoms with Gasteiger partial charge in [0.15, 0.2) is 5.69 Å². The predicted molar refractivity (Wildman–Crippen MR) is 78.0 cm³/mol. The van der Waals surface area contributed by atoms with Crippen LogP contribution >= 0.6 is 0 Å². The number of hydrogen-bond donors (Lipinski definition) is 2. The standard InChI is InChI=1S/C15H12N4O3/c1-9-2-3-10(7-16-9)19-14(6-13(18-19)15(21)22)12-5-4-11(20)8-17-12/h2-8,20H,1H3,(H,21,22). The molecule has 22 heavy (non-hydrogen) atoms. The number of nitrogens with zero attached hydrogens (tertiary/aromatic N) is 4. The van der Waals surface area contributed by atoms with Gasteiger partial charge in [0.25, 0.3) is 0 Å². The summed E-state index contributed by atoms with van der Waals surface area (Å²) < 4.78 is 1.47. The molecule has 3 heterocycles. The third-order valence-corrected chi connectivity index (χ3v) is 3.08. The molecule has 7 nitrogen and oxygen atoms in total. The highest BCUT2D eigenvalue weighted by Crippen LogP contribution is 2.23. The van der Waals surface area contributed by atoms with Crippen molar-refractivity contribution in [1.82, 2.24) is 19.7 Å². The molecule has 110 valence electrons. The highest BCUT2D eigenvalue weighted by Gasteiger charge is 2.17. The molecule has 0 saturated heterocycles. The lowest BCUT2D eigenvalue weighted by atomic mass is 10.2. The molecule has 0 unspecified atom stereocenters. The van der Waals surface area contributed by atoms with E-state index >= 15 is 0 Å². The fourth-order valence-corrected chi connectivity index (χ4v) is 1.99. The van der Waals surface area contributed by atoms with Crippen molar-refractivity contribution in [2.45, 2.75) is 6.92 Å². The van der Waals surface area contributed by atoms with Crippen molar-refractivity contribution < 1.29 is 15.0 Å². The van der Waals surface area contributed by atoms with E-state index in [-0.39, 0.29) is 11.4 Å². The Morgan fingerprint density at radius 2 is 1.95 bits per heavy atom. The van der Waals surface area contributed by atoms with Crippen LogP contribution < -0.4 is 0 Å². The summed E-state index contributed by atoms with van der Waals surface area (Å²) in [6.07, 6.45) is 2.90. The maximum Gasteiger partial charge on any atom is 0.356 e. The second-order valence-corrected chi connectivity index (χ2v) is 4.69. The molecule has 0 saturated carbocycles. The lowest BCUT2D eigenvalue weighted by Gasteiger charge is -2.06. The maximum atomic E-state index is 11.2. The van der Waals surface area contributed by atoms with Gasteiger partial charge in [0.2, 0.25) is 0 Å². The van der Waals surface area contributed by atoms with Crippen LogP contribution in [0.3, 0.4) is 0 Å². The van der Waals surface area contributed by atoms with Crippen molar-refractivity contribution in [3.63, 3.8) is 0 Å². The summed E-state index contributed by atoms with van der Waals surface area (Å²) in [7, 11) is 0. The Kier molecular flexibility index (Phi) is 3.30.